The van der Waals surface area contributed by atoms with Crippen LogP contribution in [0.1, 0.15) is 30.6 Å². The van der Waals surface area contributed by atoms with Gasteiger partial charge < -0.3 is 15.5 Å². The number of hydrogen-bond donors (Lipinski definition) is 3. The van der Waals surface area contributed by atoms with E-state index in [0.29, 0.717) is 16.1 Å². The minimum Gasteiger partial charge on any atom is -0.387 e. The molecule has 0 radical (unpaired) electrons. The molecule has 4 nitrogen and oxygen atoms in total. The van der Waals surface area contributed by atoms with Crippen molar-refractivity contribution in [1.82, 2.24) is 5.32 Å². The highest BCUT2D eigenvalue weighted by atomic mass is 35.5. The molecule has 0 spiro atoms. The molecule has 0 aromatic heterocycles. The van der Waals surface area contributed by atoms with Gasteiger partial charge in [0.2, 0.25) is 5.91 Å². The lowest BCUT2D eigenvalue weighted by atomic mass is 9.92. The molecular formula is C18H20ClNO3. The Kier molecular flexibility index (Phi) is 5.77. The molecule has 1 amide bonds. The average Bonchev–Trinajstić information content (AvgIpc) is 2.53. The molecule has 3 N–H and O–H groups in total. The largest absolute Gasteiger partial charge is 0.387 e. The van der Waals surface area contributed by atoms with Crippen LogP contribution in [0.15, 0.2) is 54.6 Å². The summed E-state index contributed by atoms with van der Waals surface area (Å²) in [7, 11) is 0. The van der Waals surface area contributed by atoms with Crippen LogP contribution >= 0.6 is 11.6 Å². The summed E-state index contributed by atoms with van der Waals surface area (Å²) in [6.07, 6.45) is -0.985. The highest BCUT2D eigenvalue weighted by Crippen LogP contribution is 2.25. The van der Waals surface area contributed by atoms with Crippen molar-refractivity contribution < 1.29 is 15.0 Å². The van der Waals surface area contributed by atoms with E-state index in [4.69, 9.17) is 11.6 Å². The van der Waals surface area contributed by atoms with Crippen LogP contribution in [0.3, 0.4) is 0 Å². The van der Waals surface area contributed by atoms with Crippen LogP contribution < -0.4 is 5.32 Å². The Morgan fingerprint density at radius 1 is 1.17 bits per heavy atom. The quantitative estimate of drug-likeness (QED) is 0.761. The van der Waals surface area contributed by atoms with Crippen molar-refractivity contribution in [3.8, 4) is 0 Å². The summed E-state index contributed by atoms with van der Waals surface area (Å²) in [4.78, 5) is 12.0. The molecule has 0 bridgehead atoms. The number of hydrogen-bond acceptors (Lipinski definition) is 3. The number of amides is 1. The standard InChI is InChI=1S/C18H20ClNO3/c1-18(23,13-7-3-2-4-8-13)11-17(22)20-12-16(21)14-9-5-6-10-15(14)19/h2-10,16,21,23H,11-12H2,1H3,(H,20,22)/t16-,18+/m1/s1. The van der Waals surface area contributed by atoms with Crippen LogP contribution in [0.4, 0.5) is 0 Å². The van der Waals surface area contributed by atoms with Crippen LogP contribution in [-0.2, 0) is 10.4 Å². The highest BCUT2D eigenvalue weighted by Gasteiger charge is 2.26. The molecule has 0 fully saturated rings. The van der Waals surface area contributed by atoms with E-state index in [0.717, 1.165) is 0 Å². The first-order chi connectivity index (χ1) is 10.9. The van der Waals surface area contributed by atoms with E-state index in [2.05, 4.69) is 5.32 Å². The van der Waals surface area contributed by atoms with Crippen molar-refractivity contribution in [2.45, 2.75) is 25.0 Å². The van der Waals surface area contributed by atoms with E-state index in [1.165, 1.54) is 0 Å². The molecule has 0 heterocycles. The summed E-state index contributed by atoms with van der Waals surface area (Å²) in [6.45, 7) is 1.62. The monoisotopic (exact) mass is 333 g/mol. The van der Waals surface area contributed by atoms with Crippen molar-refractivity contribution in [2.75, 3.05) is 6.54 Å². The second-order valence-electron chi connectivity index (χ2n) is 5.66. The maximum Gasteiger partial charge on any atom is 0.223 e. The summed E-state index contributed by atoms with van der Waals surface area (Å²) in [5.41, 5.74) is -0.0353. The summed E-state index contributed by atoms with van der Waals surface area (Å²) in [5.74, 6) is -0.343. The van der Waals surface area contributed by atoms with Gasteiger partial charge in [-0.05, 0) is 18.6 Å². The third-order valence-corrected chi connectivity index (χ3v) is 4.00. The molecule has 0 aliphatic rings. The molecule has 2 rings (SSSR count). The van der Waals surface area contributed by atoms with Gasteiger partial charge in [-0.3, -0.25) is 4.79 Å². The normalized spacial score (nSPS) is 14.8. The second-order valence-corrected chi connectivity index (χ2v) is 6.07. The molecule has 2 atom stereocenters. The molecule has 122 valence electrons. The number of benzene rings is 2. The Morgan fingerprint density at radius 3 is 2.43 bits per heavy atom. The molecule has 23 heavy (non-hydrogen) atoms. The number of aliphatic hydroxyl groups is 2. The van der Waals surface area contributed by atoms with Crippen molar-refractivity contribution in [3.63, 3.8) is 0 Å². The van der Waals surface area contributed by atoms with Crippen LogP contribution in [0.5, 0.6) is 0 Å². The molecule has 5 heteroatoms. The van der Waals surface area contributed by atoms with Crippen LogP contribution in [0.2, 0.25) is 5.02 Å². The van der Waals surface area contributed by atoms with Crippen molar-refractivity contribution in [1.29, 1.82) is 0 Å². The summed E-state index contributed by atoms with van der Waals surface area (Å²) in [6, 6.07) is 15.9. The molecule has 0 unspecified atom stereocenters. The molecule has 0 saturated carbocycles. The summed E-state index contributed by atoms with van der Waals surface area (Å²) < 4.78 is 0. The van der Waals surface area contributed by atoms with Gasteiger partial charge in [-0.25, -0.2) is 0 Å². The number of carbonyl (C=O) groups excluding carboxylic acids is 1. The zero-order valence-electron chi connectivity index (χ0n) is 12.9. The van der Waals surface area contributed by atoms with Gasteiger partial charge in [-0.2, -0.15) is 0 Å². The first-order valence-electron chi connectivity index (χ1n) is 7.37. The van der Waals surface area contributed by atoms with E-state index in [1.807, 2.05) is 18.2 Å². The fraction of sp³-hybridized carbons (Fsp3) is 0.278. The third kappa shape index (κ3) is 4.79. The van der Waals surface area contributed by atoms with Crippen molar-refractivity contribution in [3.05, 3.63) is 70.7 Å². The topological polar surface area (TPSA) is 69.6 Å². The van der Waals surface area contributed by atoms with Crippen LogP contribution in [0, 0.1) is 0 Å². The molecule has 2 aromatic carbocycles. The first-order valence-corrected chi connectivity index (χ1v) is 7.75. The van der Waals surface area contributed by atoms with E-state index in [1.54, 1.807) is 43.3 Å². The van der Waals surface area contributed by atoms with Gasteiger partial charge in [0.25, 0.3) is 0 Å². The maximum atomic E-state index is 12.0. The van der Waals surface area contributed by atoms with Gasteiger partial charge in [-0.15, -0.1) is 0 Å². The van der Waals surface area contributed by atoms with Gasteiger partial charge in [-0.1, -0.05) is 60.1 Å². The SMILES string of the molecule is C[C@](O)(CC(=O)NC[C@@H](O)c1ccccc1Cl)c1ccccc1. The Hall–Kier alpha value is -1.88. The molecule has 0 saturated heterocycles. The Bertz CT molecular complexity index is 658. The van der Waals surface area contributed by atoms with Gasteiger partial charge in [0, 0.05) is 17.1 Å². The zero-order chi connectivity index (χ0) is 16.9. The van der Waals surface area contributed by atoms with Crippen LogP contribution in [0.25, 0.3) is 0 Å². The van der Waals surface area contributed by atoms with Crippen LogP contribution in [-0.4, -0.2) is 22.7 Å². The number of halogens is 1. The second kappa shape index (κ2) is 7.59. The molecule has 0 aliphatic carbocycles. The van der Waals surface area contributed by atoms with Gasteiger partial charge in [0.15, 0.2) is 0 Å². The molecular weight excluding hydrogens is 314 g/mol. The highest BCUT2D eigenvalue weighted by molar-refractivity contribution is 6.31. The van der Waals surface area contributed by atoms with E-state index in [-0.39, 0.29) is 18.9 Å². The lowest BCUT2D eigenvalue weighted by molar-refractivity contribution is -0.126. The predicted molar refractivity (Wildman–Crippen MR) is 90.1 cm³/mol. The Labute approximate surface area is 140 Å². The predicted octanol–water partition coefficient (Wildman–Crippen LogP) is 2.79. The number of nitrogens with one attached hydrogen (secondary N) is 1. The van der Waals surface area contributed by atoms with Gasteiger partial charge in [0.05, 0.1) is 18.1 Å². The summed E-state index contributed by atoms with van der Waals surface area (Å²) >= 11 is 6.01. The number of rotatable bonds is 6. The van der Waals surface area contributed by atoms with Crippen molar-refractivity contribution >= 4 is 17.5 Å². The molecule has 2 aromatic rings. The van der Waals surface area contributed by atoms with Gasteiger partial charge in [0.1, 0.15) is 0 Å². The lowest BCUT2D eigenvalue weighted by Crippen LogP contribution is -2.35. The lowest BCUT2D eigenvalue weighted by Gasteiger charge is -2.23. The third-order valence-electron chi connectivity index (χ3n) is 3.66. The first kappa shape index (κ1) is 17.5. The van der Waals surface area contributed by atoms with E-state index >= 15 is 0 Å². The fourth-order valence-corrected chi connectivity index (χ4v) is 2.60. The van der Waals surface area contributed by atoms with Crippen molar-refractivity contribution in [2.24, 2.45) is 0 Å². The Balaban J connectivity index is 1.91. The minimum absolute atomic E-state index is 0.0352. The maximum absolute atomic E-state index is 12.0. The Morgan fingerprint density at radius 2 is 1.78 bits per heavy atom. The average molecular weight is 334 g/mol. The molecule has 0 aliphatic heterocycles. The minimum atomic E-state index is -1.26. The van der Waals surface area contributed by atoms with Gasteiger partial charge >= 0.3 is 0 Å². The summed E-state index contributed by atoms with van der Waals surface area (Å²) in [5, 5.41) is 23.6. The number of carbonyl (C=O) groups is 1. The van der Waals surface area contributed by atoms with E-state index in [9.17, 15) is 15.0 Å². The van der Waals surface area contributed by atoms with E-state index < -0.39 is 11.7 Å². The smallest absolute Gasteiger partial charge is 0.223 e. The zero-order valence-corrected chi connectivity index (χ0v) is 13.6. The number of aliphatic hydroxyl groups excluding tert-OH is 1. The fourth-order valence-electron chi connectivity index (χ4n) is 2.34.